The van der Waals surface area contributed by atoms with Gasteiger partial charge in [0.2, 0.25) is 0 Å². The van der Waals surface area contributed by atoms with Crippen LogP contribution in [0.3, 0.4) is 0 Å². The van der Waals surface area contributed by atoms with Crippen molar-refractivity contribution in [2.75, 3.05) is 0 Å². The molecule has 0 fully saturated rings. The van der Waals surface area contributed by atoms with Gasteiger partial charge in [-0.15, -0.1) is 0 Å². The van der Waals surface area contributed by atoms with Crippen LogP contribution in [0.15, 0.2) is 206 Å². The third-order valence-electron chi connectivity index (χ3n) is 13.3. The highest BCUT2D eigenvalue weighted by Crippen LogP contribution is 2.56. The first kappa shape index (κ1) is 37.8. The maximum Gasteiger partial charge on any atom is 0.164 e. The summed E-state index contributed by atoms with van der Waals surface area (Å²) in [7, 11) is 2.07. The van der Waals surface area contributed by atoms with Gasteiger partial charge in [0.15, 0.2) is 23.3 Å². The molecule has 3 heterocycles. The van der Waals surface area contributed by atoms with Gasteiger partial charge in [-0.25, -0.2) is 29.9 Å². The molecule has 2 bridgehead atoms. The molecule has 14 rings (SSSR count). The standard InChI is InChI=1S/C59H39N7/c1-66-52-24-14-13-23-49(52)62-59(66)40-27-25-36(26-28-40)50-35-51(61-55(60-50)37-15-5-2-6-16-37)41-29-31-45-47(33-41)53-43-21-11-12-22-44(43)54(45)48-34-42(30-32-46(48)53)58-64-56(38-17-7-3-8-18-38)63-57(65-58)39-19-9-4-10-20-39/h2-35,53-54H,1H3. The van der Waals surface area contributed by atoms with E-state index in [9.17, 15) is 0 Å². The number of aromatic nitrogens is 7. The Morgan fingerprint density at radius 2 is 0.712 bits per heavy atom. The normalized spacial score (nSPS) is 14.4. The van der Waals surface area contributed by atoms with E-state index in [0.29, 0.717) is 23.3 Å². The average Bonchev–Trinajstić information content (AvgIpc) is 3.74. The van der Waals surface area contributed by atoms with Crippen LogP contribution in [-0.4, -0.2) is 34.5 Å². The summed E-state index contributed by atoms with van der Waals surface area (Å²) in [6.07, 6.45) is 0. The van der Waals surface area contributed by atoms with Gasteiger partial charge in [-0.1, -0.05) is 176 Å². The van der Waals surface area contributed by atoms with Gasteiger partial charge in [0.05, 0.1) is 22.4 Å². The molecule has 0 aliphatic heterocycles. The molecule has 0 radical (unpaired) electrons. The summed E-state index contributed by atoms with van der Waals surface area (Å²) in [5, 5.41) is 0. The van der Waals surface area contributed by atoms with Gasteiger partial charge < -0.3 is 4.57 Å². The summed E-state index contributed by atoms with van der Waals surface area (Å²) >= 11 is 0. The molecule has 0 amide bonds. The summed E-state index contributed by atoms with van der Waals surface area (Å²) in [6, 6.07) is 72.2. The lowest BCUT2D eigenvalue weighted by molar-refractivity contribution is 0.754. The predicted octanol–water partition coefficient (Wildman–Crippen LogP) is 13.2. The zero-order chi connectivity index (χ0) is 43.7. The number of aryl methyl sites for hydroxylation is 1. The second-order valence-corrected chi connectivity index (χ2v) is 17.1. The first-order chi connectivity index (χ1) is 32.6. The van der Waals surface area contributed by atoms with Crippen LogP contribution in [0, 0.1) is 0 Å². The van der Waals surface area contributed by atoms with Crippen molar-refractivity contribution in [3.05, 3.63) is 240 Å². The SMILES string of the molecule is Cn1c(-c2ccc(-c3cc(-c4ccc5c(c4)C4c6ccccc6C5c5cc(-c6nc(-c7ccccc7)nc(-c7ccccc7)n6)ccc54)nc(-c4ccccc4)n3)cc2)nc2ccccc21. The minimum absolute atomic E-state index is 0.0462. The monoisotopic (exact) mass is 845 g/mol. The number of para-hydroxylation sites is 2. The molecule has 3 aromatic heterocycles. The molecule has 2 atom stereocenters. The van der Waals surface area contributed by atoms with E-state index in [-0.39, 0.29) is 11.8 Å². The lowest BCUT2D eigenvalue weighted by Crippen LogP contribution is -2.27. The number of hydrogen-bond acceptors (Lipinski definition) is 6. The van der Waals surface area contributed by atoms with Gasteiger partial charge in [0.1, 0.15) is 5.82 Å². The predicted molar refractivity (Wildman–Crippen MR) is 263 cm³/mol. The molecule has 2 unspecified atom stereocenters. The molecule has 0 saturated carbocycles. The minimum Gasteiger partial charge on any atom is -0.327 e. The van der Waals surface area contributed by atoms with Crippen molar-refractivity contribution in [3.8, 4) is 79.5 Å². The van der Waals surface area contributed by atoms with Crippen molar-refractivity contribution in [2.45, 2.75) is 11.8 Å². The molecule has 8 aromatic carbocycles. The van der Waals surface area contributed by atoms with Crippen molar-refractivity contribution in [1.29, 1.82) is 0 Å². The zero-order valence-corrected chi connectivity index (χ0v) is 35.9. The molecule has 0 saturated heterocycles. The second kappa shape index (κ2) is 15.2. The van der Waals surface area contributed by atoms with Gasteiger partial charge in [0.25, 0.3) is 0 Å². The highest BCUT2D eigenvalue weighted by Gasteiger charge is 2.41. The Kier molecular flexibility index (Phi) is 8.74. The Bertz CT molecular complexity index is 3600. The Morgan fingerprint density at radius 3 is 1.27 bits per heavy atom. The second-order valence-electron chi connectivity index (χ2n) is 17.1. The lowest BCUT2D eigenvalue weighted by Gasteiger charge is -2.42. The molecule has 0 N–H and O–H groups in total. The van der Waals surface area contributed by atoms with E-state index < -0.39 is 0 Å². The maximum absolute atomic E-state index is 5.26. The zero-order valence-electron chi connectivity index (χ0n) is 35.9. The molecule has 310 valence electrons. The summed E-state index contributed by atoms with van der Waals surface area (Å²) < 4.78 is 2.15. The van der Waals surface area contributed by atoms with E-state index in [2.05, 4.69) is 157 Å². The third-order valence-corrected chi connectivity index (χ3v) is 13.3. The maximum atomic E-state index is 5.26. The van der Waals surface area contributed by atoms with Crippen LogP contribution in [0.5, 0.6) is 0 Å². The number of imidazole rings is 1. The summed E-state index contributed by atoms with van der Waals surface area (Å²) in [6.45, 7) is 0. The molecule has 7 nitrogen and oxygen atoms in total. The highest BCUT2D eigenvalue weighted by molar-refractivity contribution is 5.82. The van der Waals surface area contributed by atoms with Crippen LogP contribution in [0.25, 0.3) is 90.5 Å². The largest absolute Gasteiger partial charge is 0.327 e. The van der Waals surface area contributed by atoms with Crippen molar-refractivity contribution in [2.24, 2.45) is 7.05 Å². The fourth-order valence-corrected chi connectivity index (χ4v) is 10.1. The molecule has 7 heteroatoms. The summed E-state index contributed by atoms with van der Waals surface area (Å²) in [5.74, 6) is 3.68. The quantitative estimate of drug-likeness (QED) is 0.159. The van der Waals surface area contributed by atoms with Gasteiger partial charge in [-0.2, -0.15) is 0 Å². The van der Waals surface area contributed by atoms with E-state index in [1.807, 2.05) is 60.7 Å². The molecule has 3 aliphatic carbocycles. The molecule has 11 aromatic rings. The van der Waals surface area contributed by atoms with Gasteiger partial charge in [-0.05, 0) is 63.7 Å². The average molecular weight is 846 g/mol. The van der Waals surface area contributed by atoms with Crippen LogP contribution in [0.4, 0.5) is 0 Å². The summed E-state index contributed by atoms with van der Waals surface area (Å²) in [5.41, 5.74) is 18.7. The van der Waals surface area contributed by atoms with E-state index in [0.717, 1.165) is 67.2 Å². The van der Waals surface area contributed by atoms with Crippen LogP contribution in [0.2, 0.25) is 0 Å². The van der Waals surface area contributed by atoms with Crippen molar-refractivity contribution >= 4 is 11.0 Å². The van der Waals surface area contributed by atoms with E-state index in [4.69, 9.17) is 29.9 Å². The smallest absolute Gasteiger partial charge is 0.164 e. The number of fused-ring (bicyclic) bond motifs is 1. The Balaban J connectivity index is 0.909. The number of benzene rings is 8. The Morgan fingerprint density at radius 1 is 0.303 bits per heavy atom. The first-order valence-electron chi connectivity index (χ1n) is 22.3. The van der Waals surface area contributed by atoms with Crippen LogP contribution in [0.1, 0.15) is 45.2 Å². The third kappa shape index (κ3) is 6.27. The van der Waals surface area contributed by atoms with Crippen LogP contribution in [-0.2, 0) is 7.05 Å². The molecular formula is C59H39N7. The van der Waals surface area contributed by atoms with E-state index in [1.165, 1.54) is 33.4 Å². The van der Waals surface area contributed by atoms with Gasteiger partial charge in [0, 0.05) is 57.8 Å². The minimum atomic E-state index is 0.0462. The molecule has 0 spiro atoms. The van der Waals surface area contributed by atoms with Crippen molar-refractivity contribution in [3.63, 3.8) is 0 Å². The fourth-order valence-electron chi connectivity index (χ4n) is 10.1. The van der Waals surface area contributed by atoms with E-state index >= 15 is 0 Å². The van der Waals surface area contributed by atoms with Crippen molar-refractivity contribution < 1.29 is 0 Å². The lowest BCUT2D eigenvalue weighted by atomic mass is 9.60. The van der Waals surface area contributed by atoms with Gasteiger partial charge in [-0.3, -0.25) is 0 Å². The Hall–Kier alpha value is -8.68. The topological polar surface area (TPSA) is 82.3 Å². The van der Waals surface area contributed by atoms with Crippen molar-refractivity contribution in [1.82, 2.24) is 34.5 Å². The first-order valence-corrected chi connectivity index (χ1v) is 22.3. The van der Waals surface area contributed by atoms with Crippen LogP contribution < -0.4 is 0 Å². The number of rotatable bonds is 7. The summed E-state index contributed by atoms with van der Waals surface area (Å²) in [4.78, 5) is 30.5. The molecular weight excluding hydrogens is 807 g/mol. The van der Waals surface area contributed by atoms with E-state index in [1.54, 1.807) is 0 Å². The number of nitrogens with zero attached hydrogens (tertiary/aromatic N) is 7. The van der Waals surface area contributed by atoms with Gasteiger partial charge >= 0.3 is 0 Å². The Labute approximate surface area is 381 Å². The molecule has 66 heavy (non-hydrogen) atoms. The fraction of sp³-hybridized carbons (Fsp3) is 0.0508. The highest BCUT2D eigenvalue weighted by atomic mass is 15.1. The van der Waals surface area contributed by atoms with Crippen LogP contribution >= 0.6 is 0 Å². The molecule has 3 aliphatic rings. The number of hydrogen-bond donors (Lipinski definition) is 0.